The van der Waals surface area contributed by atoms with Gasteiger partial charge < -0.3 is 5.11 Å². The lowest BCUT2D eigenvalue weighted by Gasteiger charge is -2.02. The van der Waals surface area contributed by atoms with Gasteiger partial charge in [-0.05, 0) is 12.5 Å². The summed E-state index contributed by atoms with van der Waals surface area (Å²) >= 11 is 0. The molecule has 0 amide bonds. The first-order valence-corrected chi connectivity index (χ1v) is 3.65. The van der Waals surface area contributed by atoms with Crippen LogP contribution < -0.4 is 0 Å². The minimum atomic E-state index is 0.0796. The summed E-state index contributed by atoms with van der Waals surface area (Å²) in [6.45, 7) is 6.32. The Morgan fingerprint density at radius 1 is 1.82 bits per heavy atom. The average Bonchev–Trinajstić information content (AvgIpc) is 2.36. The maximum absolute atomic E-state index is 9.06. The first-order chi connectivity index (χ1) is 5.25. The van der Waals surface area contributed by atoms with Crippen LogP contribution >= 0.6 is 0 Å². The molecule has 0 spiro atoms. The van der Waals surface area contributed by atoms with Crippen LogP contribution in [0.3, 0.4) is 0 Å². The monoisotopic (exact) mass is 152 g/mol. The lowest BCUT2D eigenvalue weighted by atomic mass is 10.3. The molecule has 0 atom stereocenters. The molecular formula is C8H12N2O. The summed E-state index contributed by atoms with van der Waals surface area (Å²) in [5, 5.41) is 13.1. The van der Waals surface area contributed by atoms with Crippen LogP contribution in [0.1, 0.15) is 19.0 Å². The van der Waals surface area contributed by atoms with Gasteiger partial charge in [0.25, 0.3) is 0 Å². The van der Waals surface area contributed by atoms with Crippen LogP contribution in [0.25, 0.3) is 5.76 Å². The number of aliphatic hydroxyl groups excluding tert-OH is 1. The van der Waals surface area contributed by atoms with Crippen molar-refractivity contribution in [3.05, 3.63) is 24.5 Å². The molecule has 1 aromatic rings. The Morgan fingerprint density at radius 2 is 2.55 bits per heavy atom. The third kappa shape index (κ3) is 1.61. The van der Waals surface area contributed by atoms with Crippen LogP contribution in [-0.4, -0.2) is 14.9 Å². The molecule has 0 bridgehead atoms. The number of aryl methyl sites for hydroxylation is 1. The van der Waals surface area contributed by atoms with E-state index in [1.807, 2.05) is 0 Å². The van der Waals surface area contributed by atoms with Gasteiger partial charge >= 0.3 is 0 Å². The van der Waals surface area contributed by atoms with Crippen LogP contribution in [0.2, 0.25) is 0 Å². The minimum absolute atomic E-state index is 0.0796. The van der Waals surface area contributed by atoms with Gasteiger partial charge in [0.05, 0.1) is 0 Å². The lowest BCUT2D eigenvalue weighted by molar-refractivity contribution is 0.492. The molecule has 1 N–H and O–H groups in total. The molecule has 3 heteroatoms. The van der Waals surface area contributed by atoms with Gasteiger partial charge in [0.1, 0.15) is 11.5 Å². The van der Waals surface area contributed by atoms with Gasteiger partial charge in [0.2, 0.25) is 0 Å². The largest absolute Gasteiger partial charge is 0.506 e. The lowest BCUT2D eigenvalue weighted by Crippen LogP contribution is -2.02. The van der Waals surface area contributed by atoms with Crippen molar-refractivity contribution in [3.8, 4) is 0 Å². The summed E-state index contributed by atoms with van der Waals surface area (Å²) in [5.41, 5.74) is 0.701. The zero-order valence-electron chi connectivity index (χ0n) is 6.62. The second kappa shape index (κ2) is 3.23. The third-order valence-corrected chi connectivity index (χ3v) is 1.45. The van der Waals surface area contributed by atoms with E-state index in [-0.39, 0.29) is 5.76 Å². The molecule has 0 saturated heterocycles. The molecule has 1 heterocycles. The molecule has 0 radical (unpaired) electrons. The fourth-order valence-electron chi connectivity index (χ4n) is 0.968. The number of rotatable bonds is 3. The SMILES string of the molecule is C=C(O)c1ccnn1CCC. The highest BCUT2D eigenvalue weighted by molar-refractivity contribution is 5.51. The standard InChI is InChI=1S/C8H12N2O/c1-3-6-10-8(7(2)11)4-5-9-10/h4-5,11H,2-3,6H2,1H3. The number of nitrogens with zero attached hydrogens (tertiary/aromatic N) is 2. The number of aromatic nitrogens is 2. The van der Waals surface area contributed by atoms with E-state index in [0.29, 0.717) is 5.69 Å². The molecule has 0 aliphatic carbocycles. The maximum Gasteiger partial charge on any atom is 0.133 e. The van der Waals surface area contributed by atoms with Gasteiger partial charge in [-0.3, -0.25) is 4.68 Å². The summed E-state index contributed by atoms with van der Waals surface area (Å²) < 4.78 is 1.74. The molecule has 0 aliphatic rings. The van der Waals surface area contributed by atoms with Crippen LogP contribution in [0, 0.1) is 0 Å². The predicted molar refractivity (Wildman–Crippen MR) is 44.2 cm³/mol. The Balaban J connectivity index is 2.87. The summed E-state index contributed by atoms with van der Waals surface area (Å²) in [5.74, 6) is 0.0796. The summed E-state index contributed by atoms with van der Waals surface area (Å²) in [4.78, 5) is 0. The third-order valence-electron chi connectivity index (χ3n) is 1.45. The molecule has 0 aliphatic heterocycles. The Kier molecular flexibility index (Phi) is 2.31. The highest BCUT2D eigenvalue weighted by Crippen LogP contribution is 2.07. The van der Waals surface area contributed by atoms with Crippen molar-refractivity contribution in [3.63, 3.8) is 0 Å². The second-order valence-corrected chi connectivity index (χ2v) is 2.39. The predicted octanol–water partition coefficient (Wildman–Crippen LogP) is 1.82. The molecule has 60 valence electrons. The van der Waals surface area contributed by atoms with Crippen molar-refractivity contribution in [1.82, 2.24) is 9.78 Å². The maximum atomic E-state index is 9.06. The Bertz CT molecular complexity index is 252. The molecule has 3 nitrogen and oxygen atoms in total. The average molecular weight is 152 g/mol. The van der Waals surface area contributed by atoms with Crippen LogP contribution in [-0.2, 0) is 6.54 Å². The van der Waals surface area contributed by atoms with Gasteiger partial charge in [0.15, 0.2) is 0 Å². The summed E-state index contributed by atoms with van der Waals surface area (Å²) in [6, 6.07) is 1.75. The molecule has 1 rings (SSSR count). The van der Waals surface area contributed by atoms with Crippen molar-refractivity contribution < 1.29 is 5.11 Å². The van der Waals surface area contributed by atoms with Gasteiger partial charge in [-0.2, -0.15) is 5.10 Å². The smallest absolute Gasteiger partial charge is 0.133 e. The van der Waals surface area contributed by atoms with Crippen LogP contribution in [0.5, 0.6) is 0 Å². The molecule has 0 aromatic carbocycles. The number of hydrogen-bond donors (Lipinski definition) is 1. The van der Waals surface area contributed by atoms with E-state index in [2.05, 4.69) is 18.6 Å². The number of hydrogen-bond acceptors (Lipinski definition) is 2. The molecule has 11 heavy (non-hydrogen) atoms. The van der Waals surface area contributed by atoms with Gasteiger partial charge in [-0.25, -0.2) is 0 Å². The van der Waals surface area contributed by atoms with Crippen LogP contribution in [0.15, 0.2) is 18.8 Å². The number of aliphatic hydroxyl groups is 1. The second-order valence-electron chi connectivity index (χ2n) is 2.39. The van der Waals surface area contributed by atoms with Gasteiger partial charge in [-0.15, -0.1) is 0 Å². The topological polar surface area (TPSA) is 38.1 Å². The van der Waals surface area contributed by atoms with E-state index in [1.165, 1.54) is 0 Å². The Labute approximate surface area is 66.0 Å². The first-order valence-electron chi connectivity index (χ1n) is 3.65. The molecule has 0 saturated carbocycles. The van der Waals surface area contributed by atoms with Crippen LogP contribution in [0.4, 0.5) is 0 Å². The van der Waals surface area contributed by atoms with Crippen molar-refractivity contribution in [1.29, 1.82) is 0 Å². The highest BCUT2D eigenvalue weighted by Gasteiger charge is 2.02. The zero-order valence-corrected chi connectivity index (χ0v) is 6.62. The van der Waals surface area contributed by atoms with Crippen molar-refractivity contribution in [2.75, 3.05) is 0 Å². The van der Waals surface area contributed by atoms with E-state index in [9.17, 15) is 0 Å². The quantitative estimate of drug-likeness (QED) is 0.671. The van der Waals surface area contributed by atoms with Crippen molar-refractivity contribution in [2.45, 2.75) is 19.9 Å². The fraction of sp³-hybridized carbons (Fsp3) is 0.375. The summed E-state index contributed by atoms with van der Waals surface area (Å²) in [7, 11) is 0. The van der Waals surface area contributed by atoms with Gasteiger partial charge in [0, 0.05) is 12.7 Å². The zero-order chi connectivity index (χ0) is 8.27. The molecular weight excluding hydrogens is 140 g/mol. The molecule has 0 unspecified atom stereocenters. The summed E-state index contributed by atoms with van der Waals surface area (Å²) in [6.07, 6.45) is 2.66. The van der Waals surface area contributed by atoms with E-state index < -0.39 is 0 Å². The van der Waals surface area contributed by atoms with E-state index in [0.717, 1.165) is 13.0 Å². The van der Waals surface area contributed by atoms with Crippen molar-refractivity contribution >= 4 is 5.76 Å². The normalized spacial score (nSPS) is 9.91. The minimum Gasteiger partial charge on any atom is -0.506 e. The van der Waals surface area contributed by atoms with Gasteiger partial charge in [-0.1, -0.05) is 13.5 Å². The van der Waals surface area contributed by atoms with Crippen molar-refractivity contribution in [2.24, 2.45) is 0 Å². The molecule has 0 fully saturated rings. The van der Waals surface area contributed by atoms with E-state index in [4.69, 9.17) is 5.11 Å². The Morgan fingerprint density at radius 3 is 3.09 bits per heavy atom. The fourth-order valence-corrected chi connectivity index (χ4v) is 0.968. The van der Waals surface area contributed by atoms with E-state index in [1.54, 1.807) is 16.9 Å². The molecule has 1 aromatic heterocycles. The first kappa shape index (κ1) is 7.85. The highest BCUT2D eigenvalue weighted by atomic mass is 16.3. The Hall–Kier alpha value is -1.25. The van der Waals surface area contributed by atoms with E-state index >= 15 is 0 Å².